The number of hydrogen-bond acceptors (Lipinski definition) is 7. The molecule has 3 heterocycles. The average Bonchev–Trinajstić information content (AvgIpc) is 3.50. The predicted molar refractivity (Wildman–Crippen MR) is 177 cm³/mol. The summed E-state index contributed by atoms with van der Waals surface area (Å²) in [5, 5.41) is 3.57. The highest BCUT2D eigenvalue weighted by atomic mass is 16.5. The van der Waals surface area contributed by atoms with Crippen LogP contribution in [0.5, 0.6) is 11.5 Å². The fraction of sp³-hybridized carbons (Fsp3) is 0.278. The Morgan fingerprint density at radius 2 is 1.45 bits per heavy atom. The lowest BCUT2D eigenvalue weighted by Gasteiger charge is -2.32. The maximum absolute atomic E-state index is 11.9. The Morgan fingerprint density at radius 1 is 0.795 bits per heavy atom. The normalized spacial score (nSPS) is 14.1. The van der Waals surface area contributed by atoms with E-state index in [4.69, 9.17) is 14.5 Å². The molecule has 1 aliphatic heterocycles. The number of pyridine rings is 1. The average molecular weight is 590 g/mol. The molecule has 226 valence electrons. The molecule has 0 radical (unpaired) electrons. The number of carbonyl (C=O) groups is 1. The fourth-order valence-corrected chi connectivity index (χ4v) is 5.66. The molecule has 5 aromatic rings. The largest absolute Gasteiger partial charge is 0.497 e. The van der Waals surface area contributed by atoms with Crippen LogP contribution in [0.25, 0.3) is 39.2 Å². The highest BCUT2D eigenvalue weighted by Gasteiger charge is 2.16. The van der Waals surface area contributed by atoms with Crippen molar-refractivity contribution in [2.75, 3.05) is 65.9 Å². The van der Waals surface area contributed by atoms with Crippen LogP contribution >= 0.6 is 0 Å². The number of fused-ring (bicyclic) bond motifs is 1. The van der Waals surface area contributed by atoms with Crippen molar-refractivity contribution in [2.45, 2.75) is 6.92 Å². The van der Waals surface area contributed by atoms with Gasteiger partial charge in [0.2, 0.25) is 0 Å². The van der Waals surface area contributed by atoms with Gasteiger partial charge in [-0.2, -0.15) is 0 Å². The second-order valence-corrected chi connectivity index (χ2v) is 11.4. The minimum atomic E-state index is 0.0410. The van der Waals surface area contributed by atoms with Crippen LogP contribution in [0.1, 0.15) is 17.3 Å². The standard InChI is InChI=1S/C36H39N5O3/c1-25(42)26-5-7-27(8-6-26)34-21-30(29-19-32(43-3)22-33(20-29)44-4)23-41-24-35(38-36(34)41)28-9-11-31(12-10-28)37-13-14-40-17-15-39(2)16-18-40/h5-12,19-24,37H,13-18H2,1-4H3. The molecule has 44 heavy (non-hydrogen) atoms. The van der Waals surface area contributed by atoms with E-state index in [2.05, 4.69) is 69.3 Å². The number of piperazine rings is 1. The number of benzene rings is 3. The highest BCUT2D eigenvalue weighted by Crippen LogP contribution is 2.35. The van der Waals surface area contributed by atoms with Crippen LogP contribution in [0.4, 0.5) is 5.69 Å². The summed E-state index contributed by atoms with van der Waals surface area (Å²) in [5.74, 6) is 1.48. The summed E-state index contributed by atoms with van der Waals surface area (Å²) in [6, 6.07) is 24.2. The van der Waals surface area contributed by atoms with E-state index < -0.39 is 0 Å². The molecule has 8 nitrogen and oxygen atoms in total. The van der Waals surface area contributed by atoms with Crippen LogP contribution < -0.4 is 14.8 Å². The van der Waals surface area contributed by atoms with Crippen molar-refractivity contribution in [3.05, 3.63) is 90.8 Å². The van der Waals surface area contributed by atoms with E-state index in [-0.39, 0.29) is 5.78 Å². The van der Waals surface area contributed by atoms with E-state index in [1.54, 1.807) is 21.1 Å². The predicted octanol–water partition coefficient (Wildman–Crippen LogP) is 6.21. The summed E-state index contributed by atoms with van der Waals surface area (Å²) in [5.41, 5.74) is 8.45. The summed E-state index contributed by atoms with van der Waals surface area (Å²) in [6.45, 7) is 8.06. The highest BCUT2D eigenvalue weighted by molar-refractivity contribution is 5.95. The zero-order valence-electron chi connectivity index (χ0n) is 25.8. The zero-order chi connectivity index (χ0) is 30.6. The Kier molecular flexibility index (Phi) is 8.63. The van der Waals surface area contributed by atoms with Crippen molar-refractivity contribution in [1.82, 2.24) is 19.2 Å². The number of hydrogen-bond donors (Lipinski definition) is 1. The first-order chi connectivity index (χ1) is 21.4. The Labute approximate surface area is 258 Å². The molecule has 1 aliphatic rings. The number of carbonyl (C=O) groups excluding carboxylic acids is 1. The third-order valence-electron chi connectivity index (χ3n) is 8.37. The lowest BCUT2D eigenvalue weighted by atomic mass is 9.99. The van der Waals surface area contributed by atoms with Gasteiger partial charge in [-0.1, -0.05) is 36.4 Å². The van der Waals surface area contributed by atoms with Gasteiger partial charge in [-0.3, -0.25) is 9.69 Å². The molecule has 1 fully saturated rings. The number of ketones is 1. The molecule has 6 rings (SSSR count). The van der Waals surface area contributed by atoms with Crippen molar-refractivity contribution in [1.29, 1.82) is 0 Å². The number of methoxy groups -OCH3 is 2. The van der Waals surface area contributed by atoms with Crippen LogP contribution in [0, 0.1) is 0 Å². The van der Waals surface area contributed by atoms with Crippen molar-refractivity contribution in [3.8, 4) is 45.0 Å². The molecule has 2 aromatic heterocycles. The van der Waals surface area contributed by atoms with Crippen LogP contribution in [-0.2, 0) is 0 Å². The van der Waals surface area contributed by atoms with E-state index in [0.717, 1.165) is 95.6 Å². The van der Waals surface area contributed by atoms with Gasteiger partial charge in [-0.15, -0.1) is 0 Å². The van der Waals surface area contributed by atoms with Gasteiger partial charge in [0.1, 0.15) is 17.1 Å². The minimum absolute atomic E-state index is 0.0410. The van der Waals surface area contributed by atoms with Crippen molar-refractivity contribution < 1.29 is 14.3 Å². The summed E-state index contributed by atoms with van der Waals surface area (Å²) in [7, 11) is 5.49. The number of nitrogens with zero attached hydrogens (tertiary/aromatic N) is 4. The Bertz CT molecular complexity index is 1730. The quantitative estimate of drug-likeness (QED) is 0.194. The van der Waals surface area contributed by atoms with Gasteiger partial charge in [0, 0.05) is 80.1 Å². The lowest BCUT2D eigenvalue weighted by molar-refractivity contribution is 0.101. The lowest BCUT2D eigenvalue weighted by Crippen LogP contribution is -2.45. The fourth-order valence-electron chi connectivity index (χ4n) is 5.66. The second kappa shape index (κ2) is 12.9. The van der Waals surface area contributed by atoms with Crippen LogP contribution in [-0.4, -0.2) is 85.5 Å². The molecule has 0 unspecified atom stereocenters. The monoisotopic (exact) mass is 589 g/mol. The van der Waals surface area contributed by atoms with Crippen molar-refractivity contribution in [3.63, 3.8) is 0 Å². The molecule has 1 N–H and O–H groups in total. The Hall–Kier alpha value is -4.66. The molecule has 0 amide bonds. The third kappa shape index (κ3) is 6.46. The van der Waals surface area contributed by atoms with Crippen LogP contribution in [0.2, 0.25) is 0 Å². The van der Waals surface area contributed by atoms with E-state index in [0.29, 0.717) is 5.56 Å². The number of anilines is 1. The van der Waals surface area contributed by atoms with Crippen LogP contribution in [0.15, 0.2) is 85.2 Å². The van der Waals surface area contributed by atoms with E-state index in [1.165, 1.54) is 0 Å². The molecule has 0 aliphatic carbocycles. The number of Topliss-reactive ketones (excluding diaryl/α,β-unsaturated/α-hetero) is 1. The van der Waals surface area contributed by atoms with Gasteiger partial charge in [0.25, 0.3) is 0 Å². The number of nitrogens with one attached hydrogen (secondary N) is 1. The molecule has 0 spiro atoms. The number of imidazole rings is 1. The molecule has 0 bridgehead atoms. The van der Waals surface area contributed by atoms with Crippen molar-refractivity contribution in [2.24, 2.45) is 0 Å². The van der Waals surface area contributed by atoms with Crippen molar-refractivity contribution >= 4 is 17.1 Å². The SMILES string of the molecule is COc1cc(OC)cc(-c2cc(-c3ccc(C(C)=O)cc3)c3nc(-c4ccc(NCCN5CCN(C)CC5)cc4)cn3c2)c1. The van der Waals surface area contributed by atoms with Gasteiger partial charge in [0.05, 0.1) is 19.9 Å². The molecule has 8 heteroatoms. The maximum atomic E-state index is 11.9. The minimum Gasteiger partial charge on any atom is -0.497 e. The molecular weight excluding hydrogens is 550 g/mol. The topological polar surface area (TPSA) is 71.3 Å². The van der Waals surface area contributed by atoms with E-state index in [9.17, 15) is 4.79 Å². The van der Waals surface area contributed by atoms with Crippen LogP contribution in [0.3, 0.4) is 0 Å². The third-order valence-corrected chi connectivity index (χ3v) is 8.37. The first-order valence-electron chi connectivity index (χ1n) is 15.0. The first kappa shape index (κ1) is 29.4. The van der Waals surface area contributed by atoms with Gasteiger partial charge < -0.3 is 24.1 Å². The Balaban J connectivity index is 1.32. The van der Waals surface area contributed by atoms with E-state index >= 15 is 0 Å². The van der Waals surface area contributed by atoms with Gasteiger partial charge in [-0.25, -0.2) is 4.98 Å². The molecule has 1 saturated heterocycles. The molecular formula is C36H39N5O3. The van der Waals surface area contributed by atoms with Gasteiger partial charge in [-0.05, 0) is 61.0 Å². The summed E-state index contributed by atoms with van der Waals surface area (Å²) in [6.07, 6.45) is 4.15. The molecule has 3 aromatic carbocycles. The number of aromatic nitrogens is 2. The number of ether oxygens (including phenoxy) is 2. The Morgan fingerprint density at radius 3 is 2.09 bits per heavy atom. The van der Waals surface area contributed by atoms with Gasteiger partial charge >= 0.3 is 0 Å². The first-order valence-corrected chi connectivity index (χ1v) is 15.0. The van der Waals surface area contributed by atoms with Gasteiger partial charge in [0.15, 0.2) is 5.78 Å². The number of likely N-dealkylation sites (N-methyl/N-ethyl adjacent to an activating group) is 1. The summed E-state index contributed by atoms with van der Waals surface area (Å²) < 4.78 is 13.2. The maximum Gasteiger partial charge on any atom is 0.159 e. The van der Waals surface area contributed by atoms with E-state index in [1.807, 2.05) is 42.5 Å². The smallest absolute Gasteiger partial charge is 0.159 e. The molecule has 0 atom stereocenters. The molecule has 0 saturated carbocycles. The number of rotatable bonds is 10. The second-order valence-electron chi connectivity index (χ2n) is 11.4. The summed E-state index contributed by atoms with van der Waals surface area (Å²) in [4.78, 5) is 21.9. The summed E-state index contributed by atoms with van der Waals surface area (Å²) >= 11 is 0. The zero-order valence-corrected chi connectivity index (χ0v) is 25.8.